The summed E-state index contributed by atoms with van der Waals surface area (Å²) < 4.78 is 0. The molecule has 3 N–H and O–H groups in total. The molecule has 0 bridgehead atoms. The van der Waals surface area contributed by atoms with E-state index < -0.39 is 0 Å². The Bertz CT molecular complexity index is 585. The maximum Gasteiger partial charge on any atom is 0.172 e. The molecular formula is C14H17N5O. The first kappa shape index (κ1) is 13.8. The second-order valence-electron chi connectivity index (χ2n) is 4.41. The first-order valence-corrected chi connectivity index (χ1v) is 6.24. The molecule has 6 heteroatoms. The zero-order chi connectivity index (χ0) is 14.4. The molecule has 0 aliphatic heterocycles. The molecule has 0 aliphatic rings. The van der Waals surface area contributed by atoms with Crippen LogP contribution in [0.4, 0.5) is 5.69 Å². The molecule has 0 amide bonds. The van der Waals surface area contributed by atoms with E-state index in [9.17, 15) is 0 Å². The highest BCUT2D eigenvalue weighted by Gasteiger charge is 2.11. The third kappa shape index (κ3) is 3.23. The maximum atomic E-state index is 8.82. The number of nitrogens with zero attached hydrogens (tertiary/aromatic N) is 4. The van der Waals surface area contributed by atoms with Crippen molar-refractivity contribution in [1.29, 1.82) is 0 Å². The van der Waals surface area contributed by atoms with Gasteiger partial charge in [0.2, 0.25) is 0 Å². The van der Waals surface area contributed by atoms with Gasteiger partial charge in [0, 0.05) is 37.7 Å². The Labute approximate surface area is 117 Å². The van der Waals surface area contributed by atoms with E-state index in [0.717, 1.165) is 18.7 Å². The number of aromatic nitrogens is 2. The SMILES string of the molecule is CN(CCc1ccncc1)c1cnccc1/C(N)=N/O. The third-order valence-electron chi connectivity index (χ3n) is 3.08. The smallest absolute Gasteiger partial charge is 0.172 e. The Balaban J connectivity index is 2.11. The minimum Gasteiger partial charge on any atom is -0.409 e. The Kier molecular flexibility index (Phi) is 4.49. The highest BCUT2D eigenvalue weighted by Crippen LogP contribution is 2.17. The van der Waals surface area contributed by atoms with Crippen LogP contribution in [0.15, 0.2) is 48.1 Å². The molecule has 20 heavy (non-hydrogen) atoms. The van der Waals surface area contributed by atoms with Gasteiger partial charge in [-0.1, -0.05) is 5.16 Å². The summed E-state index contributed by atoms with van der Waals surface area (Å²) >= 11 is 0. The predicted molar refractivity (Wildman–Crippen MR) is 78.0 cm³/mol. The molecule has 0 radical (unpaired) electrons. The number of anilines is 1. The number of nitrogens with two attached hydrogens (primary N) is 1. The monoisotopic (exact) mass is 271 g/mol. The van der Waals surface area contributed by atoms with E-state index in [1.165, 1.54) is 5.56 Å². The van der Waals surface area contributed by atoms with E-state index in [2.05, 4.69) is 15.1 Å². The largest absolute Gasteiger partial charge is 0.409 e. The second-order valence-corrected chi connectivity index (χ2v) is 4.41. The van der Waals surface area contributed by atoms with Crippen molar-refractivity contribution in [3.05, 3.63) is 54.1 Å². The fraction of sp³-hybridized carbons (Fsp3) is 0.214. The highest BCUT2D eigenvalue weighted by atomic mass is 16.4. The summed E-state index contributed by atoms with van der Waals surface area (Å²) in [6, 6.07) is 5.70. The van der Waals surface area contributed by atoms with Gasteiger partial charge in [0.25, 0.3) is 0 Å². The van der Waals surface area contributed by atoms with Crippen molar-refractivity contribution >= 4 is 11.5 Å². The lowest BCUT2D eigenvalue weighted by Gasteiger charge is -2.21. The van der Waals surface area contributed by atoms with Crippen LogP contribution in [0.3, 0.4) is 0 Å². The average molecular weight is 271 g/mol. The number of hydrogen-bond donors (Lipinski definition) is 2. The number of likely N-dealkylation sites (N-methyl/N-ethyl adjacent to an activating group) is 1. The molecule has 6 nitrogen and oxygen atoms in total. The van der Waals surface area contributed by atoms with E-state index in [1.54, 1.807) is 30.9 Å². The molecule has 2 aromatic heterocycles. The lowest BCUT2D eigenvalue weighted by Crippen LogP contribution is -2.25. The standard InChI is InChI=1S/C14H17N5O/c1-19(9-5-11-2-6-16-7-3-11)13-10-17-8-4-12(13)14(15)18-20/h2-4,6-8,10,20H,5,9H2,1H3,(H2,15,18). The summed E-state index contributed by atoms with van der Waals surface area (Å²) in [7, 11) is 1.95. The molecule has 0 aliphatic carbocycles. The molecule has 2 rings (SSSR count). The van der Waals surface area contributed by atoms with Crippen molar-refractivity contribution < 1.29 is 5.21 Å². The minimum absolute atomic E-state index is 0.0816. The number of rotatable bonds is 5. The normalized spacial score (nSPS) is 11.3. The minimum atomic E-state index is 0.0816. The van der Waals surface area contributed by atoms with Crippen LogP contribution in [-0.4, -0.2) is 34.6 Å². The van der Waals surface area contributed by atoms with Gasteiger partial charge >= 0.3 is 0 Å². The topological polar surface area (TPSA) is 87.6 Å². The molecule has 0 spiro atoms. The summed E-state index contributed by atoms with van der Waals surface area (Å²) in [4.78, 5) is 10.1. The van der Waals surface area contributed by atoms with E-state index in [0.29, 0.717) is 5.56 Å². The molecule has 0 fully saturated rings. The van der Waals surface area contributed by atoms with Crippen LogP contribution in [0.2, 0.25) is 0 Å². The van der Waals surface area contributed by atoms with Gasteiger partial charge in [-0.2, -0.15) is 0 Å². The van der Waals surface area contributed by atoms with Crippen LogP contribution < -0.4 is 10.6 Å². The van der Waals surface area contributed by atoms with Crippen LogP contribution in [0.1, 0.15) is 11.1 Å². The van der Waals surface area contributed by atoms with Gasteiger partial charge < -0.3 is 15.8 Å². The molecular weight excluding hydrogens is 254 g/mol. The highest BCUT2D eigenvalue weighted by molar-refractivity contribution is 6.01. The predicted octanol–water partition coefficient (Wildman–Crippen LogP) is 1.25. The fourth-order valence-corrected chi connectivity index (χ4v) is 1.93. The lowest BCUT2D eigenvalue weighted by molar-refractivity contribution is 0.318. The Morgan fingerprint density at radius 3 is 2.65 bits per heavy atom. The zero-order valence-corrected chi connectivity index (χ0v) is 11.3. The summed E-state index contributed by atoms with van der Waals surface area (Å²) in [5, 5.41) is 11.9. The van der Waals surface area contributed by atoms with Crippen LogP contribution in [0.25, 0.3) is 0 Å². The van der Waals surface area contributed by atoms with Crippen LogP contribution in [-0.2, 0) is 6.42 Å². The van der Waals surface area contributed by atoms with Gasteiger partial charge in [-0.15, -0.1) is 0 Å². The van der Waals surface area contributed by atoms with Crippen LogP contribution >= 0.6 is 0 Å². The Morgan fingerprint density at radius 1 is 1.25 bits per heavy atom. The summed E-state index contributed by atoms with van der Waals surface area (Å²) in [6.07, 6.45) is 7.76. The van der Waals surface area contributed by atoms with Gasteiger partial charge in [0.1, 0.15) is 0 Å². The Hall–Kier alpha value is -2.63. The molecule has 0 saturated carbocycles. The summed E-state index contributed by atoms with van der Waals surface area (Å²) in [5.74, 6) is 0.0816. The number of amidine groups is 1. The maximum absolute atomic E-state index is 8.82. The second kappa shape index (κ2) is 6.51. The van der Waals surface area contributed by atoms with E-state index >= 15 is 0 Å². The molecule has 2 heterocycles. The molecule has 0 aromatic carbocycles. The van der Waals surface area contributed by atoms with Crippen molar-refractivity contribution in [2.45, 2.75) is 6.42 Å². The first-order chi connectivity index (χ1) is 9.72. The molecule has 0 unspecified atom stereocenters. The summed E-state index contributed by atoms with van der Waals surface area (Å²) in [6.45, 7) is 0.793. The number of oxime groups is 1. The van der Waals surface area contributed by atoms with E-state index in [-0.39, 0.29) is 5.84 Å². The number of hydrogen-bond acceptors (Lipinski definition) is 5. The quantitative estimate of drug-likeness (QED) is 0.370. The third-order valence-corrected chi connectivity index (χ3v) is 3.08. The van der Waals surface area contributed by atoms with Crippen molar-refractivity contribution in [3.63, 3.8) is 0 Å². The number of pyridine rings is 2. The van der Waals surface area contributed by atoms with Gasteiger partial charge in [0.05, 0.1) is 11.9 Å². The van der Waals surface area contributed by atoms with Crippen LogP contribution in [0, 0.1) is 0 Å². The molecule has 2 aromatic rings. The Morgan fingerprint density at radius 2 is 1.95 bits per heavy atom. The van der Waals surface area contributed by atoms with Crippen molar-refractivity contribution in [2.24, 2.45) is 10.9 Å². The first-order valence-electron chi connectivity index (χ1n) is 6.24. The van der Waals surface area contributed by atoms with Crippen LogP contribution in [0.5, 0.6) is 0 Å². The molecule has 104 valence electrons. The van der Waals surface area contributed by atoms with Crippen molar-refractivity contribution in [1.82, 2.24) is 9.97 Å². The lowest BCUT2D eigenvalue weighted by atomic mass is 10.1. The summed E-state index contributed by atoms with van der Waals surface area (Å²) in [5.41, 5.74) is 8.38. The van der Waals surface area contributed by atoms with Gasteiger partial charge in [-0.05, 0) is 30.2 Å². The average Bonchev–Trinajstić information content (AvgIpc) is 2.52. The van der Waals surface area contributed by atoms with E-state index in [1.807, 2.05) is 24.1 Å². The van der Waals surface area contributed by atoms with Gasteiger partial charge in [-0.25, -0.2) is 0 Å². The van der Waals surface area contributed by atoms with Crippen molar-refractivity contribution in [3.8, 4) is 0 Å². The van der Waals surface area contributed by atoms with Crippen molar-refractivity contribution in [2.75, 3.05) is 18.5 Å². The van der Waals surface area contributed by atoms with Gasteiger partial charge in [0.15, 0.2) is 5.84 Å². The zero-order valence-electron chi connectivity index (χ0n) is 11.3. The van der Waals surface area contributed by atoms with Gasteiger partial charge in [-0.3, -0.25) is 9.97 Å². The molecule has 0 saturated heterocycles. The fourth-order valence-electron chi connectivity index (χ4n) is 1.93. The van der Waals surface area contributed by atoms with E-state index in [4.69, 9.17) is 10.9 Å². The molecule has 0 atom stereocenters.